The van der Waals surface area contributed by atoms with Gasteiger partial charge in [-0.2, -0.15) is 0 Å². The van der Waals surface area contributed by atoms with E-state index in [1.54, 1.807) is 12.2 Å². The Balaban J connectivity index is 1.64. The molecule has 0 fully saturated rings. The maximum atomic E-state index is 15.1. The number of hydrogen-bond acceptors (Lipinski definition) is 3. The Labute approximate surface area is 228 Å². The molecule has 0 saturated heterocycles. The number of aryl methyl sites for hydroxylation is 1. The summed E-state index contributed by atoms with van der Waals surface area (Å²) in [4.78, 5) is 7.91. The van der Waals surface area contributed by atoms with Gasteiger partial charge >= 0.3 is 6.01 Å². The Morgan fingerprint density at radius 2 is 1.12 bits per heavy atom. The maximum Gasteiger partial charge on any atom is 0.316 e. The minimum absolute atomic E-state index is 0.0411. The van der Waals surface area contributed by atoms with Crippen LogP contribution in [0.2, 0.25) is 0 Å². The van der Waals surface area contributed by atoms with Gasteiger partial charge in [-0.25, -0.2) is 36.3 Å². The van der Waals surface area contributed by atoms with Gasteiger partial charge in [0.25, 0.3) is 0 Å². The number of halogens is 6. The lowest BCUT2D eigenvalue weighted by Crippen LogP contribution is -2.02. The topological polar surface area (TPSA) is 35.0 Å². The number of benzene rings is 3. The van der Waals surface area contributed by atoms with E-state index in [2.05, 4.69) is 9.97 Å². The minimum Gasteiger partial charge on any atom is -0.459 e. The molecule has 1 aromatic heterocycles. The van der Waals surface area contributed by atoms with Crippen LogP contribution in [0, 0.1) is 34.9 Å². The third-order valence-corrected chi connectivity index (χ3v) is 6.44. The molecule has 0 aliphatic rings. The van der Waals surface area contributed by atoms with E-state index in [4.69, 9.17) is 4.74 Å². The SMILES string of the molecule is C/C=C/COc1ncc(-c2ccc(-c3ccc(-c4ccc(CCCCC)c(F)c4F)c(F)c3F)c(F)c2F)cn1. The fourth-order valence-electron chi connectivity index (χ4n) is 4.25. The zero-order valence-electron chi connectivity index (χ0n) is 21.9. The molecule has 3 nitrogen and oxygen atoms in total. The van der Waals surface area contributed by atoms with Gasteiger partial charge in [0.1, 0.15) is 6.61 Å². The van der Waals surface area contributed by atoms with Crippen molar-refractivity contribution < 1.29 is 31.1 Å². The second-order valence-corrected chi connectivity index (χ2v) is 9.07. The van der Waals surface area contributed by atoms with Gasteiger partial charge < -0.3 is 4.74 Å². The summed E-state index contributed by atoms with van der Waals surface area (Å²) in [6.07, 6.45) is 8.72. The number of ether oxygens (including phenoxy) is 1. The van der Waals surface area contributed by atoms with Crippen molar-refractivity contribution in [2.24, 2.45) is 0 Å². The van der Waals surface area contributed by atoms with Crippen LogP contribution in [0.4, 0.5) is 26.3 Å². The second-order valence-electron chi connectivity index (χ2n) is 9.07. The molecule has 3 aromatic carbocycles. The molecule has 4 aromatic rings. The number of nitrogens with zero attached hydrogens (tertiary/aromatic N) is 2. The summed E-state index contributed by atoms with van der Waals surface area (Å²) < 4.78 is 95.1. The quantitative estimate of drug-likeness (QED) is 0.111. The molecule has 0 N–H and O–H groups in total. The van der Waals surface area contributed by atoms with E-state index in [0.29, 0.717) is 12.8 Å². The Kier molecular flexibility index (Phi) is 9.24. The van der Waals surface area contributed by atoms with Crippen LogP contribution in [0.15, 0.2) is 60.9 Å². The smallest absolute Gasteiger partial charge is 0.316 e. The molecule has 0 bridgehead atoms. The van der Waals surface area contributed by atoms with Crippen LogP contribution in [0.5, 0.6) is 6.01 Å². The van der Waals surface area contributed by atoms with Crippen molar-refractivity contribution in [2.45, 2.75) is 39.5 Å². The molecule has 0 saturated carbocycles. The average Bonchev–Trinajstić information content (AvgIpc) is 2.95. The van der Waals surface area contributed by atoms with Crippen molar-refractivity contribution in [1.82, 2.24) is 9.97 Å². The first-order valence-corrected chi connectivity index (χ1v) is 12.8. The van der Waals surface area contributed by atoms with Gasteiger partial charge in [-0.05, 0) is 25.3 Å². The first kappa shape index (κ1) is 28.9. The molecule has 0 spiro atoms. The maximum absolute atomic E-state index is 15.1. The van der Waals surface area contributed by atoms with Crippen molar-refractivity contribution in [3.63, 3.8) is 0 Å². The van der Waals surface area contributed by atoms with E-state index in [9.17, 15) is 8.78 Å². The lowest BCUT2D eigenvalue weighted by Gasteiger charge is -2.13. The molecule has 0 amide bonds. The van der Waals surface area contributed by atoms with Gasteiger partial charge in [0.2, 0.25) is 0 Å². The first-order chi connectivity index (χ1) is 19.3. The van der Waals surface area contributed by atoms with Crippen molar-refractivity contribution >= 4 is 0 Å². The van der Waals surface area contributed by atoms with Crippen LogP contribution in [-0.4, -0.2) is 16.6 Å². The van der Waals surface area contributed by atoms with Crippen LogP contribution in [0.1, 0.15) is 38.7 Å². The van der Waals surface area contributed by atoms with Gasteiger partial charge in [0.15, 0.2) is 34.9 Å². The molecular weight excluding hydrogens is 530 g/mol. The van der Waals surface area contributed by atoms with Crippen molar-refractivity contribution in [1.29, 1.82) is 0 Å². The van der Waals surface area contributed by atoms with Gasteiger partial charge in [-0.15, -0.1) is 0 Å². The van der Waals surface area contributed by atoms with E-state index in [0.717, 1.165) is 31.0 Å². The number of hydrogen-bond donors (Lipinski definition) is 0. The van der Waals surface area contributed by atoms with Gasteiger partial charge in [0, 0.05) is 45.8 Å². The summed E-state index contributed by atoms with van der Waals surface area (Å²) >= 11 is 0. The normalized spacial score (nSPS) is 11.4. The van der Waals surface area contributed by atoms with Crippen molar-refractivity contribution in [2.75, 3.05) is 6.61 Å². The van der Waals surface area contributed by atoms with Crippen LogP contribution in [0.3, 0.4) is 0 Å². The Hall–Kier alpha value is -4.14. The Bertz CT molecular complexity index is 1540. The highest BCUT2D eigenvalue weighted by molar-refractivity contribution is 5.75. The fourth-order valence-corrected chi connectivity index (χ4v) is 4.25. The van der Waals surface area contributed by atoms with E-state index >= 15 is 17.6 Å². The van der Waals surface area contributed by atoms with E-state index in [-0.39, 0.29) is 29.3 Å². The van der Waals surface area contributed by atoms with E-state index in [1.165, 1.54) is 30.6 Å². The predicted molar refractivity (Wildman–Crippen MR) is 142 cm³/mol. The highest BCUT2D eigenvalue weighted by Crippen LogP contribution is 2.37. The fraction of sp³-hybridized carbons (Fsp3) is 0.226. The van der Waals surface area contributed by atoms with Crippen LogP contribution < -0.4 is 4.74 Å². The lowest BCUT2D eigenvalue weighted by molar-refractivity contribution is 0.333. The highest BCUT2D eigenvalue weighted by atomic mass is 19.2. The zero-order valence-corrected chi connectivity index (χ0v) is 21.9. The summed E-state index contributed by atoms with van der Waals surface area (Å²) in [5.41, 5.74) is -2.05. The number of rotatable bonds is 10. The van der Waals surface area contributed by atoms with Crippen molar-refractivity contribution in [3.8, 4) is 39.4 Å². The molecule has 0 radical (unpaired) electrons. The van der Waals surface area contributed by atoms with Crippen LogP contribution in [-0.2, 0) is 6.42 Å². The minimum atomic E-state index is -1.53. The van der Waals surface area contributed by atoms with Gasteiger partial charge in [0.05, 0.1) is 0 Å². The molecule has 0 atom stereocenters. The molecule has 4 rings (SSSR count). The Morgan fingerprint density at radius 1 is 0.650 bits per heavy atom. The van der Waals surface area contributed by atoms with Crippen LogP contribution in [0.25, 0.3) is 33.4 Å². The average molecular weight is 557 g/mol. The monoisotopic (exact) mass is 556 g/mol. The lowest BCUT2D eigenvalue weighted by atomic mass is 9.95. The largest absolute Gasteiger partial charge is 0.459 e. The number of allylic oxidation sites excluding steroid dienone is 1. The molecule has 9 heteroatoms. The summed E-state index contributed by atoms with van der Waals surface area (Å²) in [5.74, 6) is -8.21. The van der Waals surface area contributed by atoms with E-state index in [1.807, 2.05) is 13.8 Å². The molecule has 0 aliphatic heterocycles. The van der Waals surface area contributed by atoms with Gasteiger partial charge in [-0.1, -0.05) is 68.3 Å². The number of aromatic nitrogens is 2. The third-order valence-electron chi connectivity index (χ3n) is 6.44. The molecule has 40 heavy (non-hydrogen) atoms. The summed E-state index contributed by atoms with van der Waals surface area (Å²) in [6.45, 7) is 4.03. The predicted octanol–water partition coefficient (Wildman–Crippen LogP) is 9.00. The molecular formula is C31H26F6N2O. The zero-order chi connectivity index (χ0) is 28.8. The highest BCUT2D eigenvalue weighted by Gasteiger charge is 2.24. The number of unbranched alkanes of at least 4 members (excludes halogenated alkanes) is 2. The van der Waals surface area contributed by atoms with Crippen molar-refractivity contribution in [3.05, 3.63) is 101 Å². The summed E-state index contributed by atoms with van der Waals surface area (Å²) in [7, 11) is 0. The second kappa shape index (κ2) is 12.8. The molecule has 1 heterocycles. The molecule has 208 valence electrons. The summed E-state index contributed by atoms with van der Waals surface area (Å²) in [6, 6.07) is 6.85. The van der Waals surface area contributed by atoms with Gasteiger partial charge in [-0.3, -0.25) is 0 Å². The summed E-state index contributed by atoms with van der Waals surface area (Å²) in [5, 5.41) is 0. The Morgan fingerprint density at radius 3 is 1.65 bits per heavy atom. The third kappa shape index (κ3) is 5.88. The van der Waals surface area contributed by atoms with Crippen LogP contribution >= 0.6 is 0 Å². The molecule has 0 aliphatic carbocycles. The van der Waals surface area contributed by atoms with E-state index < -0.39 is 57.2 Å². The first-order valence-electron chi connectivity index (χ1n) is 12.8. The standard InChI is InChI=1S/C31H26F6N2O/c1-3-5-7-8-18-9-10-21(27(34)25(18)32)23-13-14-24(30(37)29(23)36)22-12-11-20(26(33)28(22)35)19-16-38-31(39-17-19)40-15-6-4-2/h4,6,9-14,16-17H,3,5,7-8,15H2,1-2H3/b6-4+. The molecule has 0 unspecified atom stereocenters.